The third kappa shape index (κ3) is 35.4. The molecule has 1 rings (SSSR count). The Morgan fingerprint density at radius 1 is 0.655 bits per heavy atom. The number of rotatable bonds is 43. The molecule has 3 unspecified atom stereocenters. The Balaban J connectivity index is 2.19. The number of epoxide rings is 1. The molecule has 0 aromatic carbocycles. The maximum atomic E-state index is 12.6. The number of esters is 2. The molecule has 1 fully saturated rings. The van der Waals surface area contributed by atoms with Gasteiger partial charge in [-0.1, -0.05) is 174 Å². The van der Waals surface area contributed by atoms with E-state index in [-0.39, 0.29) is 19.4 Å². The lowest BCUT2D eigenvalue weighted by Crippen LogP contribution is -2.29. The molecule has 0 aliphatic carbocycles. The van der Waals surface area contributed by atoms with Crippen LogP contribution in [0, 0.1) is 5.92 Å². The van der Waals surface area contributed by atoms with Crippen molar-refractivity contribution in [2.45, 2.75) is 238 Å². The molecule has 12 heteroatoms. The molecule has 5 atom stereocenters. The maximum absolute atomic E-state index is 12.6. The number of aliphatic hydroxyl groups excluding tert-OH is 2. The van der Waals surface area contributed by atoms with Crippen molar-refractivity contribution >= 4 is 19.8 Å². The fraction of sp³-hybridized carbons (Fsp3) is 0.913. The van der Waals surface area contributed by atoms with Crippen molar-refractivity contribution in [2.75, 3.05) is 26.4 Å². The van der Waals surface area contributed by atoms with Crippen molar-refractivity contribution < 1.29 is 52.5 Å². The molecule has 3 N–H and O–H groups in total. The van der Waals surface area contributed by atoms with E-state index in [2.05, 4.69) is 32.9 Å². The van der Waals surface area contributed by atoms with Crippen LogP contribution < -0.4 is 0 Å². The van der Waals surface area contributed by atoms with Gasteiger partial charge in [0.05, 0.1) is 32.0 Å². The summed E-state index contributed by atoms with van der Waals surface area (Å²) in [6.07, 6.45) is 36.3. The summed E-state index contributed by atoms with van der Waals surface area (Å²) in [4.78, 5) is 35.1. The molecule has 1 aliphatic rings. The quantitative estimate of drug-likeness (QED) is 0.0176. The number of hydrogen-bond acceptors (Lipinski definition) is 10. The molecule has 1 aliphatic heterocycles. The van der Waals surface area contributed by atoms with Crippen LogP contribution in [-0.4, -0.2) is 77.9 Å². The van der Waals surface area contributed by atoms with E-state index in [1.807, 2.05) is 0 Å². The first-order chi connectivity index (χ1) is 28.1. The SMILES string of the molecule is CCCCCC1OC1C/C=C\CCCCCCCC(=O)O[C@H](COC(=O)CCCCCCCCCCCCCCCCCCC(C)C)COP(=O)(O)OC[C@@H](O)CO. The van der Waals surface area contributed by atoms with Crippen LogP contribution in [0.25, 0.3) is 0 Å². The van der Waals surface area contributed by atoms with Crippen molar-refractivity contribution in [1.29, 1.82) is 0 Å². The van der Waals surface area contributed by atoms with Gasteiger partial charge in [0, 0.05) is 12.8 Å². The summed E-state index contributed by atoms with van der Waals surface area (Å²) in [5.74, 6) is -0.102. The van der Waals surface area contributed by atoms with Crippen LogP contribution in [0.3, 0.4) is 0 Å². The number of hydrogen-bond donors (Lipinski definition) is 3. The number of aliphatic hydroxyl groups is 2. The minimum atomic E-state index is -4.62. The molecule has 1 heterocycles. The van der Waals surface area contributed by atoms with E-state index in [0.29, 0.717) is 25.0 Å². The van der Waals surface area contributed by atoms with Crippen molar-refractivity contribution in [3.8, 4) is 0 Å². The lowest BCUT2D eigenvalue weighted by atomic mass is 10.0. The van der Waals surface area contributed by atoms with Crippen LogP contribution in [-0.2, 0) is 37.4 Å². The van der Waals surface area contributed by atoms with Gasteiger partial charge in [-0.25, -0.2) is 4.57 Å². The minimum absolute atomic E-state index is 0.167. The summed E-state index contributed by atoms with van der Waals surface area (Å²) in [5.41, 5.74) is 0. The van der Waals surface area contributed by atoms with E-state index in [1.165, 1.54) is 109 Å². The highest BCUT2D eigenvalue weighted by atomic mass is 31.2. The predicted molar refractivity (Wildman–Crippen MR) is 232 cm³/mol. The van der Waals surface area contributed by atoms with Crippen molar-refractivity contribution in [3.63, 3.8) is 0 Å². The van der Waals surface area contributed by atoms with Gasteiger partial charge in [-0.3, -0.25) is 18.6 Å². The van der Waals surface area contributed by atoms with E-state index in [1.54, 1.807) is 0 Å². The molecule has 0 amide bonds. The predicted octanol–water partition coefficient (Wildman–Crippen LogP) is 11.6. The van der Waals surface area contributed by atoms with Gasteiger partial charge in [0.2, 0.25) is 0 Å². The summed E-state index contributed by atoms with van der Waals surface area (Å²) in [5, 5.41) is 18.4. The zero-order valence-corrected chi connectivity index (χ0v) is 38.0. The number of allylic oxidation sites excluding steroid dienone is 1. The van der Waals surface area contributed by atoms with E-state index >= 15 is 0 Å². The summed E-state index contributed by atoms with van der Waals surface area (Å²) in [6, 6.07) is 0. The van der Waals surface area contributed by atoms with Gasteiger partial charge in [0.25, 0.3) is 0 Å². The van der Waals surface area contributed by atoms with Crippen molar-refractivity contribution in [3.05, 3.63) is 12.2 Å². The van der Waals surface area contributed by atoms with Gasteiger partial charge >= 0.3 is 19.8 Å². The zero-order chi connectivity index (χ0) is 42.5. The lowest BCUT2D eigenvalue weighted by molar-refractivity contribution is -0.161. The lowest BCUT2D eigenvalue weighted by Gasteiger charge is -2.20. The fourth-order valence-corrected chi connectivity index (χ4v) is 7.80. The number of ether oxygens (including phenoxy) is 3. The largest absolute Gasteiger partial charge is 0.472 e. The molecular weight excluding hydrogens is 759 g/mol. The van der Waals surface area contributed by atoms with Crippen LogP contribution in [0.2, 0.25) is 0 Å². The number of unbranched alkanes of at least 4 members (excludes halogenated alkanes) is 22. The molecule has 0 radical (unpaired) electrons. The Bertz CT molecular complexity index is 1050. The summed E-state index contributed by atoms with van der Waals surface area (Å²) in [7, 11) is -4.62. The smallest absolute Gasteiger partial charge is 0.462 e. The Morgan fingerprint density at radius 2 is 1.17 bits per heavy atom. The highest BCUT2D eigenvalue weighted by Gasteiger charge is 2.36. The topological polar surface area (TPSA) is 161 Å². The second-order valence-corrected chi connectivity index (χ2v) is 18.5. The summed E-state index contributed by atoms with van der Waals surface area (Å²) >= 11 is 0. The second kappa shape index (κ2) is 37.4. The Morgan fingerprint density at radius 3 is 1.72 bits per heavy atom. The van der Waals surface area contributed by atoms with Gasteiger partial charge in [-0.05, 0) is 44.4 Å². The molecule has 1 saturated heterocycles. The van der Waals surface area contributed by atoms with E-state index < -0.39 is 51.8 Å². The third-order valence-electron chi connectivity index (χ3n) is 10.8. The van der Waals surface area contributed by atoms with Gasteiger partial charge in [-0.15, -0.1) is 0 Å². The van der Waals surface area contributed by atoms with E-state index in [9.17, 15) is 24.2 Å². The highest BCUT2D eigenvalue weighted by molar-refractivity contribution is 7.47. The molecular formula is C46H87O11P. The van der Waals surface area contributed by atoms with Crippen LogP contribution in [0.5, 0.6) is 0 Å². The molecule has 342 valence electrons. The minimum Gasteiger partial charge on any atom is -0.462 e. The van der Waals surface area contributed by atoms with Crippen LogP contribution in [0.15, 0.2) is 12.2 Å². The van der Waals surface area contributed by atoms with Crippen molar-refractivity contribution in [2.24, 2.45) is 5.92 Å². The molecule has 0 saturated carbocycles. The monoisotopic (exact) mass is 847 g/mol. The summed E-state index contributed by atoms with van der Waals surface area (Å²) < 4.78 is 38.5. The van der Waals surface area contributed by atoms with Gasteiger partial charge in [0.1, 0.15) is 12.7 Å². The average molecular weight is 847 g/mol. The Kier molecular flexibility index (Phi) is 35.3. The standard InChI is InChI=1S/C46H87O11P/c1-4-5-26-32-43-44(57-43)33-28-23-19-16-17-21-25-30-35-46(50)56-42(39-55-58(51,52)54-37-41(48)36-47)38-53-45(49)34-29-24-20-15-13-11-9-7-6-8-10-12-14-18-22-27-31-40(2)3/h23,28,40-44,47-48H,4-22,24-27,29-39H2,1-3H3,(H,51,52)/b28-23-/t41-,42+,43?,44?/m0/s1. The normalized spacial score (nSPS) is 17.4. The third-order valence-corrected chi connectivity index (χ3v) is 11.7. The molecule has 0 aromatic heterocycles. The van der Waals surface area contributed by atoms with Crippen LogP contribution in [0.4, 0.5) is 0 Å². The van der Waals surface area contributed by atoms with E-state index in [0.717, 1.165) is 63.7 Å². The van der Waals surface area contributed by atoms with Gasteiger partial charge in [-0.2, -0.15) is 0 Å². The Labute approximate surface area is 353 Å². The van der Waals surface area contributed by atoms with Crippen LogP contribution in [0.1, 0.15) is 213 Å². The first-order valence-corrected chi connectivity index (χ1v) is 25.1. The van der Waals surface area contributed by atoms with E-state index in [4.69, 9.17) is 28.4 Å². The fourth-order valence-electron chi connectivity index (χ4n) is 7.01. The molecule has 58 heavy (non-hydrogen) atoms. The first kappa shape index (κ1) is 54.7. The molecule has 0 aromatic rings. The Hall–Kier alpha value is -1.33. The molecule has 0 bridgehead atoms. The first-order valence-electron chi connectivity index (χ1n) is 23.6. The number of phosphoric acid groups is 1. The van der Waals surface area contributed by atoms with Gasteiger partial charge < -0.3 is 29.3 Å². The molecule has 0 spiro atoms. The van der Waals surface area contributed by atoms with Gasteiger partial charge in [0.15, 0.2) is 6.10 Å². The molecule has 11 nitrogen and oxygen atoms in total. The number of phosphoric ester groups is 1. The van der Waals surface area contributed by atoms with Crippen molar-refractivity contribution in [1.82, 2.24) is 0 Å². The number of carbonyl (C=O) groups excluding carboxylic acids is 2. The van der Waals surface area contributed by atoms with Crippen LogP contribution >= 0.6 is 7.82 Å². The highest BCUT2D eigenvalue weighted by Crippen LogP contribution is 2.43. The average Bonchev–Trinajstić information content (AvgIpc) is 3.95. The summed E-state index contributed by atoms with van der Waals surface area (Å²) in [6.45, 7) is 4.71. The zero-order valence-electron chi connectivity index (χ0n) is 37.1. The maximum Gasteiger partial charge on any atom is 0.472 e. The second-order valence-electron chi connectivity index (χ2n) is 17.0. The number of carbonyl (C=O) groups is 2.